The molecule has 1 saturated heterocycles. The molecule has 1 aromatic heterocycles. The molecule has 2 rings (SSSR count). The summed E-state index contributed by atoms with van der Waals surface area (Å²) in [7, 11) is 0. The van der Waals surface area contributed by atoms with Crippen molar-refractivity contribution in [3.8, 4) is 0 Å². The molecule has 1 fully saturated rings. The van der Waals surface area contributed by atoms with Gasteiger partial charge in [0.2, 0.25) is 0 Å². The minimum Gasteiger partial charge on any atom is -0.375 e. The van der Waals surface area contributed by atoms with Gasteiger partial charge in [0.25, 0.3) is 0 Å². The summed E-state index contributed by atoms with van der Waals surface area (Å²) >= 11 is 1.79. The molecule has 1 N–H and O–H groups in total. The molecule has 0 radical (unpaired) electrons. The fourth-order valence-electron chi connectivity index (χ4n) is 2.82. The summed E-state index contributed by atoms with van der Waals surface area (Å²) in [4.78, 5) is 4.76. The van der Waals surface area contributed by atoms with Crippen LogP contribution in [-0.2, 0) is 10.3 Å². The van der Waals surface area contributed by atoms with Crippen molar-refractivity contribution >= 4 is 11.3 Å². The Labute approximate surface area is 120 Å². The lowest BCUT2D eigenvalue weighted by Crippen LogP contribution is -2.53. The van der Waals surface area contributed by atoms with Gasteiger partial charge in [-0.15, -0.1) is 11.3 Å². The predicted octanol–water partition coefficient (Wildman–Crippen LogP) is 3.63. The largest absolute Gasteiger partial charge is 0.375 e. The summed E-state index contributed by atoms with van der Waals surface area (Å²) in [5.74, 6) is 0. The van der Waals surface area contributed by atoms with Gasteiger partial charge in [-0.05, 0) is 39.7 Å². The van der Waals surface area contributed by atoms with Crippen LogP contribution in [0.25, 0.3) is 0 Å². The van der Waals surface area contributed by atoms with E-state index in [2.05, 4.69) is 38.4 Å². The van der Waals surface area contributed by atoms with Crippen LogP contribution in [0.3, 0.4) is 0 Å². The molecule has 0 spiro atoms. The third-order valence-electron chi connectivity index (χ3n) is 4.14. The molecular formula is C15H26N2OS. The number of thiazole rings is 1. The van der Waals surface area contributed by atoms with Gasteiger partial charge in [0.1, 0.15) is 5.01 Å². The van der Waals surface area contributed by atoms with E-state index in [0.717, 1.165) is 44.5 Å². The Morgan fingerprint density at radius 2 is 2.26 bits per heavy atom. The molecule has 19 heavy (non-hydrogen) atoms. The Hall–Kier alpha value is -0.450. The molecule has 2 heterocycles. The predicted molar refractivity (Wildman–Crippen MR) is 80.7 cm³/mol. The van der Waals surface area contributed by atoms with Crippen molar-refractivity contribution in [2.24, 2.45) is 0 Å². The van der Waals surface area contributed by atoms with Crippen molar-refractivity contribution in [3.63, 3.8) is 0 Å². The maximum absolute atomic E-state index is 6.02. The zero-order valence-electron chi connectivity index (χ0n) is 12.6. The maximum atomic E-state index is 6.02. The Kier molecular flexibility index (Phi) is 4.64. The van der Waals surface area contributed by atoms with Crippen LogP contribution >= 0.6 is 11.3 Å². The van der Waals surface area contributed by atoms with Crippen molar-refractivity contribution in [2.75, 3.05) is 13.2 Å². The van der Waals surface area contributed by atoms with Crippen LogP contribution < -0.4 is 5.32 Å². The minimum atomic E-state index is -0.0292. The lowest BCUT2D eigenvalue weighted by atomic mass is 9.79. The normalized spacial score (nSPS) is 31.6. The van der Waals surface area contributed by atoms with E-state index in [9.17, 15) is 0 Å². The number of rotatable bonds is 5. The van der Waals surface area contributed by atoms with E-state index in [-0.39, 0.29) is 11.1 Å². The molecule has 4 heteroatoms. The standard InChI is InChI=1S/C15H26N2OS/c1-5-8-16-15(13-17-12(3)10-19-13)7-9-18-14(4,6-2)11-15/h10,16H,5-9,11H2,1-4H3. The van der Waals surface area contributed by atoms with E-state index in [4.69, 9.17) is 9.72 Å². The molecule has 3 nitrogen and oxygen atoms in total. The molecule has 0 bridgehead atoms. The summed E-state index contributed by atoms with van der Waals surface area (Å²) < 4.78 is 6.02. The topological polar surface area (TPSA) is 34.2 Å². The first-order valence-corrected chi connectivity index (χ1v) is 8.23. The zero-order valence-corrected chi connectivity index (χ0v) is 13.4. The average molecular weight is 282 g/mol. The fraction of sp³-hybridized carbons (Fsp3) is 0.800. The van der Waals surface area contributed by atoms with Crippen molar-refractivity contribution in [1.29, 1.82) is 0 Å². The Bertz CT molecular complexity index is 420. The van der Waals surface area contributed by atoms with Crippen LogP contribution in [0.4, 0.5) is 0 Å². The monoisotopic (exact) mass is 282 g/mol. The van der Waals surface area contributed by atoms with Crippen LogP contribution in [0.5, 0.6) is 0 Å². The molecule has 0 aromatic carbocycles. The van der Waals surface area contributed by atoms with Crippen molar-refractivity contribution in [2.45, 2.75) is 64.5 Å². The summed E-state index contributed by atoms with van der Waals surface area (Å²) in [6, 6.07) is 0. The van der Waals surface area contributed by atoms with Gasteiger partial charge in [-0.25, -0.2) is 4.98 Å². The van der Waals surface area contributed by atoms with E-state index in [1.807, 2.05) is 0 Å². The first-order chi connectivity index (χ1) is 9.03. The molecule has 0 aliphatic carbocycles. The van der Waals surface area contributed by atoms with Gasteiger partial charge in [0.15, 0.2) is 0 Å². The molecule has 0 saturated carbocycles. The number of nitrogens with one attached hydrogen (secondary N) is 1. The lowest BCUT2D eigenvalue weighted by molar-refractivity contribution is -0.103. The summed E-state index contributed by atoms with van der Waals surface area (Å²) in [6.45, 7) is 10.6. The quantitative estimate of drug-likeness (QED) is 0.895. The van der Waals surface area contributed by atoms with Gasteiger partial charge in [0, 0.05) is 24.1 Å². The Balaban J connectivity index is 2.29. The van der Waals surface area contributed by atoms with Crippen LogP contribution in [0.2, 0.25) is 0 Å². The van der Waals surface area contributed by atoms with Gasteiger partial charge >= 0.3 is 0 Å². The second-order valence-electron chi connectivity index (χ2n) is 5.88. The number of aryl methyl sites for hydroxylation is 1. The molecule has 2 atom stereocenters. The molecule has 1 aliphatic rings. The van der Waals surface area contributed by atoms with E-state index >= 15 is 0 Å². The third-order valence-corrected chi connectivity index (χ3v) is 5.31. The Morgan fingerprint density at radius 3 is 2.84 bits per heavy atom. The lowest BCUT2D eigenvalue weighted by Gasteiger charge is -2.45. The molecule has 2 unspecified atom stereocenters. The van der Waals surface area contributed by atoms with Crippen molar-refractivity contribution in [3.05, 3.63) is 16.1 Å². The molecule has 1 aliphatic heterocycles. The molecule has 108 valence electrons. The summed E-state index contributed by atoms with van der Waals surface area (Å²) in [5, 5.41) is 7.17. The smallest absolute Gasteiger partial charge is 0.113 e. The molecular weight excluding hydrogens is 256 g/mol. The van der Waals surface area contributed by atoms with E-state index in [0.29, 0.717) is 0 Å². The van der Waals surface area contributed by atoms with E-state index in [1.54, 1.807) is 11.3 Å². The van der Waals surface area contributed by atoms with Crippen LogP contribution in [-0.4, -0.2) is 23.7 Å². The number of nitrogens with zero attached hydrogens (tertiary/aromatic N) is 1. The SMILES string of the molecule is CCCNC1(c2nc(C)cs2)CCOC(C)(CC)C1. The number of hydrogen-bond acceptors (Lipinski definition) is 4. The second-order valence-corrected chi connectivity index (χ2v) is 6.74. The second kappa shape index (κ2) is 5.90. The van der Waals surface area contributed by atoms with Crippen molar-refractivity contribution < 1.29 is 4.74 Å². The fourth-order valence-corrected chi connectivity index (χ4v) is 3.83. The number of ether oxygens (including phenoxy) is 1. The molecule has 1 aromatic rings. The van der Waals surface area contributed by atoms with E-state index in [1.165, 1.54) is 5.01 Å². The van der Waals surface area contributed by atoms with Crippen LogP contribution in [0.15, 0.2) is 5.38 Å². The first-order valence-electron chi connectivity index (χ1n) is 7.35. The van der Waals surface area contributed by atoms with E-state index < -0.39 is 0 Å². The summed E-state index contributed by atoms with van der Waals surface area (Å²) in [5.41, 5.74) is 1.11. The molecule has 0 amide bonds. The van der Waals surface area contributed by atoms with Crippen molar-refractivity contribution in [1.82, 2.24) is 10.3 Å². The third kappa shape index (κ3) is 3.18. The summed E-state index contributed by atoms with van der Waals surface area (Å²) in [6.07, 6.45) is 4.24. The van der Waals surface area contributed by atoms with Crippen LogP contribution in [0.1, 0.15) is 57.2 Å². The minimum absolute atomic E-state index is 0.0119. The number of aromatic nitrogens is 1. The van der Waals surface area contributed by atoms with Gasteiger partial charge < -0.3 is 10.1 Å². The Morgan fingerprint density at radius 1 is 1.47 bits per heavy atom. The number of hydrogen-bond donors (Lipinski definition) is 1. The van der Waals surface area contributed by atoms with Gasteiger partial charge in [-0.1, -0.05) is 13.8 Å². The highest BCUT2D eigenvalue weighted by atomic mass is 32.1. The van der Waals surface area contributed by atoms with Gasteiger partial charge in [-0.3, -0.25) is 0 Å². The van der Waals surface area contributed by atoms with Gasteiger partial charge in [-0.2, -0.15) is 0 Å². The highest BCUT2D eigenvalue weighted by Gasteiger charge is 2.44. The highest BCUT2D eigenvalue weighted by molar-refractivity contribution is 7.09. The van der Waals surface area contributed by atoms with Gasteiger partial charge in [0.05, 0.1) is 11.1 Å². The zero-order chi connectivity index (χ0) is 13.9. The average Bonchev–Trinajstić information content (AvgIpc) is 2.84. The highest BCUT2D eigenvalue weighted by Crippen LogP contribution is 2.42. The first kappa shape index (κ1) is 14.9. The maximum Gasteiger partial charge on any atom is 0.113 e. The van der Waals surface area contributed by atoms with Crippen LogP contribution in [0, 0.1) is 6.92 Å².